The van der Waals surface area contributed by atoms with Crippen molar-refractivity contribution >= 4 is 5.69 Å². The van der Waals surface area contributed by atoms with Crippen molar-refractivity contribution in [2.24, 2.45) is 0 Å². The lowest BCUT2D eigenvalue weighted by atomic mass is 10.1. The summed E-state index contributed by atoms with van der Waals surface area (Å²) >= 11 is 0. The minimum Gasteiger partial charge on any atom is -0.464 e. The van der Waals surface area contributed by atoms with E-state index in [9.17, 15) is 10.1 Å². The highest BCUT2D eigenvalue weighted by Gasteiger charge is 2.14. The van der Waals surface area contributed by atoms with E-state index in [1.54, 1.807) is 18.2 Å². The first-order chi connectivity index (χ1) is 11.0. The Bertz CT molecular complexity index is 853. The standard InChI is InChI=1S/C18H15NO4/c1-12-5-6-13(2)18(8-12)23-16-10-14(17-4-3-7-22-17)9-15(11-16)19(20)21/h3-11H,1-2H3. The van der Waals surface area contributed by atoms with Gasteiger partial charge in [0, 0.05) is 11.6 Å². The first-order valence-electron chi connectivity index (χ1n) is 7.11. The molecule has 0 aliphatic carbocycles. The lowest BCUT2D eigenvalue weighted by molar-refractivity contribution is -0.384. The Morgan fingerprint density at radius 1 is 1.09 bits per heavy atom. The van der Waals surface area contributed by atoms with Crippen molar-refractivity contribution in [3.05, 3.63) is 76.0 Å². The van der Waals surface area contributed by atoms with Gasteiger partial charge in [-0.25, -0.2) is 0 Å². The zero-order chi connectivity index (χ0) is 16.4. The topological polar surface area (TPSA) is 65.5 Å². The van der Waals surface area contributed by atoms with Crippen molar-refractivity contribution < 1.29 is 14.1 Å². The van der Waals surface area contributed by atoms with Gasteiger partial charge < -0.3 is 9.15 Å². The van der Waals surface area contributed by atoms with Crippen LogP contribution in [0.15, 0.2) is 59.2 Å². The molecule has 0 aliphatic rings. The molecule has 0 N–H and O–H groups in total. The van der Waals surface area contributed by atoms with Crippen LogP contribution in [0.3, 0.4) is 0 Å². The maximum absolute atomic E-state index is 11.2. The molecule has 0 aliphatic heterocycles. The van der Waals surface area contributed by atoms with Crippen LogP contribution in [0.5, 0.6) is 11.5 Å². The van der Waals surface area contributed by atoms with Crippen molar-refractivity contribution in [2.75, 3.05) is 0 Å². The molecule has 0 saturated carbocycles. The summed E-state index contributed by atoms with van der Waals surface area (Å²) in [5.41, 5.74) is 2.58. The van der Waals surface area contributed by atoms with E-state index in [-0.39, 0.29) is 5.69 Å². The van der Waals surface area contributed by atoms with Gasteiger partial charge in [0.25, 0.3) is 5.69 Å². The lowest BCUT2D eigenvalue weighted by Crippen LogP contribution is -1.93. The smallest absolute Gasteiger partial charge is 0.273 e. The highest BCUT2D eigenvalue weighted by Crippen LogP contribution is 2.33. The average Bonchev–Trinajstić information content (AvgIpc) is 3.05. The molecule has 3 rings (SSSR count). The predicted octanol–water partition coefficient (Wildman–Crippen LogP) is 5.26. The van der Waals surface area contributed by atoms with E-state index in [1.165, 1.54) is 18.4 Å². The number of benzene rings is 2. The Hall–Kier alpha value is -3.08. The Morgan fingerprint density at radius 2 is 1.91 bits per heavy atom. The van der Waals surface area contributed by atoms with Crippen LogP contribution in [0.25, 0.3) is 11.3 Å². The zero-order valence-electron chi connectivity index (χ0n) is 12.8. The van der Waals surface area contributed by atoms with Crippen LogP contribution < -0.4 is 4.74 Å². The van der Waals surface area contributed by atoms with Gasteiger partial charge in [-0.05, 0) is 49.2 Å². The van der Waals surface area contributed by atoms with Gasteiger partial charge in [-0.15, -0.1) is 0 Å². The minimum atomic E-state index is -0.442. The quantitative estimate of drug-likeness (QED) is 0.487. The molecule has 0 radical (unpaired) electrons. The summed E-state index contributed by atoms with van der Waals surface area (Å²) in [7, 11) is 0. The fraction of sp³-hybridized carbons (Fsp3) is 0.111. The highest BCUT2D eigenvalue weighted by atomic mass is 16.6. The van der Waals surface area contributed by atoms with Crippen LogP contribution in [0.4, 0.5) is 5.69 Å². The summed E-state index contributed by atoms with van der Waals surface area (Å²) in [6.45, 7) is 3.90. The molecule has 1 aromatic heterocycles. The number of aryl methyl sites for hydroxylation is 2. The van der Waals surface area contributed by atoms with Crippen molar-refractivity contribution in [1.82, 2.24) is 0 Å². The maximum Gasteiger partial charge on any atom is 0.273 e. The van der Waals surface area contributed by atoms with Gasteiger partial charge in [-0.2, -0.15) is 0 Å². The Labute approximate surface area is 133 Å². The lowest BCUT2D eigenvalue weighted by Gasteiger charge is -2.10. The number of hydrogen-bond acceptors (Lipinski definition) is 4. The second kappa shape index (κ2) is 5.96. The van der Waals surface area contributed by atoms with Crippen LogP contribution in [-0.4, -0.2) is 4.92 Å². The summed E-state index contributed by atoms with van der Waals surface area (Å²) in [6, 6.07) is 13.9. The molecule has 0 atom stereocenters. The summed E-state index contributed by atoms with van der Waals surface area (Å²) in [5.74, 6) is 1.63. The molecule has 2 aromatic carbocycles. The summed E-state index contributed by atoms with van der Waals surface area (Å²) in [4.78, 5) is 10.7. The van der Waals surface area contributed by atoms with E-state index in [4.69, 9.17) is 9.15 Å². The Morgan fingerprint density at radius 3 is 2.61 bits per heavy atom. The monoisotopic (exact) mass is 309 g/mol. The Balaban J connectivity index is 2.04. The van der Waals surface area contributed by atoms with E-state index in [2.05, 4.69) is 0 Å². The first kappa shape index (κ1) is 14.8. The SMILES string of the molecule is Cc1ccc(C)c(Oc2cc(-c3ccco3)cc([N+](=O)[O-])c2)c1. The third-order valence-corrected chi connectivity index (χ3v) is 3.48. The van der Waals surface area contributed by atoms with Crippen LogP contribution in [0.1, 0.15) is 11.1 Å². The molecule has 0 bridgehead atoms. The van der Waals surface area contributed by atoms with Gasteiger partial charge in [0.1, 0.15) is 17.3 Å². The molecule has 116 valence electrons. The maximum atomic E-state index is 11.2. The molecule has 23 heavy (non-hydrogen) atoms. The number of nitro groups is 1. The van der Waals surface area contributed by atoms with E-state index in [0.717, 1.165) is 11.1 Å². The largest absolute Gasteiger partial charge is 0.464 e. The minimum absolute atomic E-state index is 0.0424. The number of ether oxygens (including phenoxy) is 1. The fourth-order valence-electron chi connectivity index (χ4n) is 2.28. The fourth-order valence-corrected chi connectivity index (χ4v) is 2.28. The molecule has 0 spiro atoms. The van der Waals surface area contributed by atoms with Gasteiger partial charge in [0.05, 0.1) is 17.3 Å². The predicted molar refractivity (Wildman–Crippen MR) is 86.8 cm³/mol. The molecule has 3 aromatic rings. The first-order valence-corrected chi connectivity index (χ1v) is 7.11. The molecule has 0 saturated heterocycles. The van der Waals surface area contributed by atoms with Gasteiger partial charge in [0.2, 0.25) is 0 Å². The third kappa shape index (κ3) is 3.23. The van der Waals surface area contributed by atoms with Crippen LogP contribution in [0.2, 0.25) is 0 Å². The van der Waals surface area contributed by atoms with E-state index in [1.807, 2.05) is 32.0 Å². The Kier molecular flexibility index (Phi) is 3.85. The summed E-state index contributed by atoms with van der Waals surface area (Å²) in [5, 5.41) is 11.2. The number of non-ortho nitro benzene ring substituents is 1. The number of nitrogens with zero attached hydrogens (tertiary/aromatic N) is 1. The van der Waals surface area contributed by atoms with E-state index in [0.29, 0.717) is 22.8 Å². The number of rotatable bonds is 4. The zero-order valence-corrected chi connectivity index (χ0v) is 12.8. The molecule has 0 fully saturated rings. The van der Waals surface area contributed by atoms with E-state index >= 15 is 0 Å². The van der Waals surface area contributed by atoms with Gasteiger partial charge in [-0.3, -0.25) is 10.1 Å². The van der Waals surface area contributed by atoms with Crippen LogP contribution in [-0.2, 0) is 0 Å². The van der Waals surface area contributed by atoms with Crippen molar-refractivity contribution in [3.8, 4) is 22.8 Å². The van der Waals surface area contributed by atoms with Gasteiger partial charge >= 0.3 is 0 Å². The third-order valence-electron chi connectivity index (χ3n) is 3.48. The average molecular weight is 309 g/mol. The molecular formula is C18H15NO4. The van der Waals surface area contributed by atoms with Gasteiger partial charge in [0.15, 0.2) is 0 Å². The second-order valence-electron chi connectivity index (χ2n) is 5.32. The number of furan rings is 1. The molecule has 5 nitrogen and oxygen atoms in total. The normalized spacial score (nSPS) is 10.5. The summed E-state index contributed by atoms with van der Waals surface area (Å²) < 4.78 is 11.2. The highest BCUT2D eigenvalue weighted by molar-refractivity contribution is 5.64. The number of hydrogen-bond donors (Lipinski definition) is 0. The summed E-state index contributed by atoms with van der Waals surface area (Å²) in [6.07, 6.45) is 1.53. The van der Waals surface area contributed by atoms with E-state index < -0.39 is 4.92 Å². The second-order valence-corrected chi connectivity index (χ2v) is 5.32. The molecule has 1 heterocycles. The van der Waals surface area contributed by atoms with Gasteiger partial charge in [-0.1, -0.05) is 12.1 Å². The molecule has 0 amide bonds. The van der Waals surface area contributed by atoms with Crippen LogP contribution in [0, 0.1) is 24.0 Å². The number of nitro benzene ring substituents is 1. The molecule has 5 heteroatoms. The van der Waals surface area contributed by atoms with Crippen molar-refractivity contribution in [3.63, 3.8) is 0 Å². The molecule has 0 unspecified atom stereocenters. The molecular weight excluding hydrogens is 294 g/mol. The van der Waals surface area contributed by atoms with Crippen molar-refractivity contribution in [2.45, 2.75) is 13.8 Å². The van der Waals surface area contributed by atoms with Crippen LogP contribution >= 0.6 is 0 Å². The van der Waals surface area contributed by atoms with Crippen molar-refractivity contribution in [1.29, 1.82) is 0 Å².